The van der Waals surface area contributed by atoms with Gasteiger partial charge in [-0.15, -0.1) is 0 Å². The summed E-state index contributed by atoms with van der Waals surface area (Å²) in [7, 11) is 0. The second-order valence-electron chi connectivity index (χ2n) is 5.47. The average molecular weight is 307 g/mol. The normalized spacial score (nSPS) is 16.3. The molecule has 1 aromatic carbocycles. The number of halogens is 1. The smallest absolute Gasteiger partial charge is 0.338 e. The minimum absolute atomic E-state index is 0.317. The molecule has 0 radical (unpaired) electrons. The molecule has 4 nitrogen and oxygen atoms in total. The number of esters is 1. The van der Waals surface area contributed by atoms with Gasteiger partial charge in [0.2, 0.25) is 5.28 Å². The molecule has 0 bridgehead atoms. The topological polar surface area (TPSA) is 44.1 Å². The van der Waals surface area contributed by atoms with E-state index in [1.165, 1.54) is 19.3 Å². The summed E-state index contributed by atoms with van der Waals surface area (Å²) in [6, 6.07) is 5.90. The molecule has 0 saturated heterocycles. The quantitative estimate of drug-likeness (QED) is 0.791. The Bertz CT molecular complexity index is 660. The fourth-order valence-electron chi connectivity index (χ4n) is 3.10. The summed E-state index contributed by atoms with van der Waals surface area (Å²) in [6.07, 6.45) is 6.06. The lowest BCUT2D eigenvalue weighted by atomic mass is 9.95. The van der Waals surface area contributed by atoms with E-state index in [2.05, 4.69) is 9.55 Å². The minimum Gasteiger partial charge on any atom is -0.462 e. The maximum atomic E-state index is 11.8. The number of hydrogen-bond acceptors (Lipinski definition) is 3. The summed E-state index contributed by atoms with van der Waals surface area (Å²) in [6.45, 7) is 2.17. The van der Waals surface area contributed by atoms with Gasteiger partial charge >= 0.3 is 5.97 Å². The van der Waals surface area contributed by atoms with Crippen molar-refractivity contribution in [1.82, 2.24) is 9.55 Å². The third kappa shape index (κ3) is 2.77. The molecule has 1 aliphatic carbocycles. The lowest BCUT2D eigenvalue weighted by Crippen LogP contribution is -2.12. The Morgan fingerprint density at radius 1 is 1.38 bits per heavy atom. The summed E-state index contributed by atoms with van der Waals surface area (Å²) in [5.74, 6) is -0.317. The van der Waals surface area contributed by atoms with Gasteiger partial charge in [0.05, 0.1) is 23.2 Å². The van der Waals surface area contributed by atoms with E-state index in [0.717, 1.165) is 23.9 Å². The number of imidazole rings is 1. The molecule has 1 aliphatic rings. The van der Waals surface area contributed by atoms with Crippen molar-refractivity contribution in [3.8, 4) is 0 Å². The summed E-state index contributed by atoms with van der Waals surface area (Å²) in [5, 5.41) is 0.512. The maximum Gasteiger partial charge on any atom is 0.338 e. The number of rotatable bonds is 3. The Morgan fingerprint density at radius 2 is 2.14 bits per heavy atom. The molecule has 0 aliphatic heterocycles. The van der Waals surface area contributed by atoms with Crippen LogP contribution in [-0.4, -0.2) is 22.1 Å². The van der Waals surface area contributed by atoms with Gasteiger partial charge in [-0.25, -0.2) is 9.78 Å². The van der Waals surface area contributed by atoms with Gasteiger partial charge < -0.3 is 9.30 Å². The first-order valence-corrected chi connectivity index (χ1v) is 7.93. The highest BCUT2D eigenvalue weighted by molar-refractivity contribution is 6.29. The first kappa shape index (κ1) is 14.4. The molecule has 112 valence electrons. The molecule has 0 unspecified atom stereocenters. The van der Waals surface area contributed by atoms with Crippen LogP contribution in [0.15, 0.2) is 18.2 Å². The standard InChI is InChI=1S/C16H19ClN2O2/c1-2-21-15(20)11-8-9-14-13(10-11)18-16(17)19(14)12-6-4-3-5-7-12/h8-10,12H,2-7H2,1H3. The van der Waals surface area contributed by atoms with Crippen LogP contribution in [0, 0.1) is 0 Å². The van der Waals surface area contributed by atoms with Crippen LogP contribution in [0.3, 0.4) is 0 Å². The Kier molecular flexibility index (Phi) is 4.15. The third-order valence-electron chi connectivity index (χ3n) is 4.10. The molecule has 0 amide bonds. The molecule has 0 atom stereocenters. The van der Waals surface area contributed by atoms with Crippen molar-refractivity contribution in [3.63, 3.8) is 0 Å². The summed E-state index contributed by atoms with van der Waals surface area (Å²) in [4.78, 5) is 16.2. The Labute approximate surface area is 129 Å². The Balaban J connectivity index is 1.99. The van der Waals surface area contributed by atoms with E-state index >= 15 is 0 Å². The molecule has 1 heterocycles. The number of nitrogens with zero attached hydrogens (tertiary/aromatic N) is 2. The molecule has 21 heavy (non-hydrogen) atoms. The number of hydrogen-bond donors (Lipinski definition) is 0. The highest BCUT2D eigenvalue weighted by Gasteiger charge is 2.21. The van der Waals surface area contributed by atoms with Crippen molar-refractivity contribution in [1.29, 1.82) is 0 Å². The van der Waals surface area contributed by atoms with Crippen molar-refractivity contribution in [2.45, 2.75) is 45.1 Å². The van der Waals surface area contributed by atoms with Crippen LogP contribution in [0.1, 0.15) is 55.4 Å². The predicted octanol–water partition coefficient (Wildman–Crippen LogP) is 4.37. The van der Waals surface area contributed by atoms with E-state index in [9.17, 15) is 4.79 Å². The van der Waals surface area contributed by atoms with Gasteiger partial charge in [-0.3, -0.25) is 0 Å². The van der Waals surface area contributed by atoms with Gasteiger partial charge in [-0.2, -0.15) is 0 Å². The van der Waals surface area contributed by atoms with Gasteiger partial charge in [0.1, 0.15) is 0 Å². The zero-order valence-electron chi connectivity index (χ0n) is 12.1. The number of aromatic nitrogens is 2. The Hall–Kier alpha value is -1.55. The molecule has 5 heteroatoms. The zero-order valence-corrected chi connectivity index (χ0v) is 12.9. The van der Waals surface area contributed by atoms with Crippen LogP contribution in [0.4, 0.5) is 0 Å². The highest BCUT2D eigenvalue weighted by Crippen LogP contribution is 2.34. The molecule has 0 N–H and O–H groups in total. The lowest BCUT2D eigenvalue weighted by molar-refractivity contribution is 0.0526. The van der Waals surface area contributed by atoms with Crippen molar-refractivity contribution < 1.29 is 9.53 Å². The van der Waals surface area contributed by atoms with Crippen molar-refractivity contribution in [2.75, 3.05) is 6.61 Å². The molecule has 3 rings (SSSR count). The molecule has 1 fully saturated rings. The van der Waals surface area contributed by atoms with E-state index in [4.69, 9.17) is 16.3 Å². The van der Waals surface area contributed by atoms with Gasteiger partial charge in [0.15, 0.2) is 0 Å². The van der Waals surface area contributed by atoms with E-state index in [1.54, 1.807) is 19.1 Å². The van der Waals surface area contributed by atoms with E-state index in [-0.39, 0.29) is 5.97 Å². The summed E-state index contributed by atoms with van der Waals surface area (Å²) >= 11 is 6.33. The van der Waals surface area contributed by atoms with Crippen LogP contribution < -0.4 is 0 Å². The first-order valence-electron chi connectivity index (χ1n) is 7.55. The van der Waals surface area contributed by atoms with Crippen molar-refractivity contribution in [2.24, 2.45) is 0 Å². The molecular weight excluding hydrogens is 288 g/mol. The van der Waals surface area contributed by atoms with Crippen LogP contribution in [0.2, 0.25) is 5.28 Å². The van der Waals surface area contributed by atoms with E-state index in [0.29, 0.717) is 23.5 Å². The second kappa shape index (κ2) is 6.06. The van der Waals surface area contributed by atoms with Crippen LogP contribution >= 0.6 is 11.6 Å². The number of ether oxygens (including phenoxy) is 1. The zero-order chi connectivity index (χ0) is 14.8. The van der Waals surface area contributed by atoms with Gasteiger partial charge in [-0.05, 0) is 49.6 Å². The molecule has 2 aromatic rings. The van der Waals surface area contributed by atoms with E-state index < -0.39 is 0 Å². The summed E-state index contributed by atoms with van der Waals surface area (Å²) < 4.78 is 7.14. The predicted molar refractivity (Wildman–Crippen MR) is 82.8 cm³/mol. The summed E-state index contributed by atoms with van der Waals surface area (Å²) in [5.41, 5.74) is 2.28. The lowest BCUT2D eigenvalue weighted by Gasteiger charge is -2.24. The minimum atomic E-state index is -0.317. The van der Waals surface area contributed by atoms with Crippen LogP contribution in [-0.2, 0) is 4.74 Å². The second-order valence-corrected chi connectivity index (χ2v) is 5.80. The maximum absolute atomic E-state index is 11.8. The Morgan fingerprint density at radius 3 is 2.86 bits per heavy atom. The van der Waals surface area contributed by atoms with Gasteiger partial charge in [0.25, 0.3) is 0 Å². The number of carbonyl (C=O) groups excluding carboxylic acids is 1. The third-order valence-corrected chi connectivity index (χ3v) is 4.36. The SMILES string of the molecule is CCOC(=O)c1ccc2c(c1)nc(Cl)n2C1CCCCC1. The van der Waals surface area contributed by atoms with E-state index in [1.807, 2.05) is 6.07 Å². The van der Waals surface area contributed by atoms with Gasteiger partial charge in [-0.1, -0.05) is 19.3 Å². The highest BCUT2D eigenvalue weighted by atomic mass is 35.5. The molecule has 1 aromatic heterocycles. The van der Waals surface area contributed by atoms with Crippen molar-refractivity contribution in [3.05, 3.63) is 29.0 Å². The first-order chi connectivity index (χ1) is 10.2. The largest absolute Gasteiger partial charge is 0.462 e. The number of fused-ring (bicyclic) bond motifs is 1. The van der Waals surface area contributed by atoms with Crippen LogP contribution in [0.5, 0.6) is 0 Å². The van der Waals surface area contributed by atoms with Crippen LogP contribution in [0.25, 0.3) is 11.0 Å². The van der Waals surface area contributed by atoms with Gasteiger partial charge in [0, 0.05) is 6.04 Å². The number of benzene rings is 1. The average Bonchev–Trinajstić information content (AvgIpc) is 2.83. The monoisotopic (exact) mass is 306 g/mol. The number of carbonyl (C=O) groups is 1. The fraction of sp³-hybridized carbons (Fsp3) is 0.500. The fourth-order valence-corrected chi connectivity index (χ4v) is 3.42. The van der Waals surface area contributed by atoms with Crippen molar-refractivity contribution >= 4 is 28.6 Å². The molecular formula is C16H19ClN2O2. The molecule has 0 spiro atoms. The molecule has 1 saturated carbocycles.